The number of rotatable bonds is 2. The zero-order valence-corrected chi connectivity index (χ0v) is 41.6. The molecular formula is C74H41BN2. The molecule has 0 bridgehead atoms. The van der Waals surface area contributed by atoms with Gasteiger partial charge in [-0.15, -0.1) is 0 Å². The average Bonchev–Trinajstić information content (AvgIpc) is 4.25. The van der Waals surface area contributed by atoms with E-state index in [0.29, 0.717) is 0 Å². The van der Waals surface area contributed by atoms with Crippen molar-refractivity contribution >= 4 is 153 Å². The Labute approximate surface area is 441 Å². The first kappa shape index (κ1) is 40.4. The average molecular weight is 969 g/mol. The second-order valence-electron chi connectivity index (χ2n) is 21.8. The minimum Gasteiger partial charge on any atom is -0.310 e. The van der Waals surface area contributed by atoms with Crippen molar-refractivity contribution in [3.05, 3.63) is 249 Å². The Morgan fingerprint density at radius 2 is 0.701 bits per heavy atom. The minimum absolute atomic E-state index is 0.0997. The van der Waals surface area contributed by atoms with Gasteiger partial charge in [-0.3, -0.25) is 0 Å². The lowest BCUT2D eigenvalue weighted by Crippen LogP contribution is -2.59. The number of benzene rings is 15. The third-order valence-electron chi connectivity index (χ3n) is 18.1. The molecule has 4 heterocycles. The molecule has 19 rings (SSSR count). The monoisotopic (exact) mass is 968 g/mol. The molecule has 0 fully saturated rings. The maximum Gasteiger partial charge on any atom is 0.253 e. The van der Waals surface area contributed by atoms with Crippen LogP contribution in [0.5, 0.6) is 0 Å². The van der Waals surface area contributed by atoms with Crippen LogP contribution in [0.25, 0.3) is 163 Å². The van der Waals surface area contributed by atoms with Gasteiger partial charge in [0, 0.05) is 43.8 Å². The Balaban J connectivity index is 1.04. The molecule has 77 heavy (non-hydrogen) atoms. The van der Waals surface area contributed by atoms with Crippen LogP contribution in [0.3, 0.4) is 0 Å². The van der Waals surface area contributed by atoms with Crippen molar-refractivity contribution in [3.63, 3.8) is 0 Å². The Morgan fingerprint density at radius 1 is 0.234 bits per heavy atom. The quantitative estimate of drug-likeness (QED) is 0.121. The number of nitrogens with zero attached hydrogens (tertiary/aromatic N) is 2. The lowest BCUT2D eigenvalue weighted by molar-refractivity contribution is 1.15. The molecule has 0 saturated heterocycles. The van der Waals surface area contributed by atoms with Gasteiger partial charge in [0.25, 0.3) is 6.71 Å². The SMILES string of the molecule is c1cc2c3c(c1)-n1c4c(c5c6ccccc6c6ccccc6c5cc4c4ccc5c6ccccc6c6ccccc6c5c41)B3c1cc(-c3ccc4ccccc4c3)cc3c4cc(-c5ccc6ccccc6c5)ccc4n-2c13. The van der Waals surface area contributed by atoms with Gasteiger partial charge in [0.05, 0.1) is 16.6 Å². The molecule has 0 saturated carbocycles. The summed E-state index contributed by atoms with van der Waals surface area (Å²) < 4.78 is 5.36. The summed E-state index contributed by atoms with van der Waals surface area (Å²) in [6, 6.07) is 94.8. The summed E-state index contributed by atoms with van der Waals surface area (Å²) in [6.45, 7) is -0.0997. The topological polar surface area (TPSA) is 9.86 Å². The van der Waals surface area contributed by atoms with Gasteiger partial charge in [0.2, 0.25) is 0 Å². The van der Waals surface area contributed by atoms with Crippen molar-refractivity contribution in [1.29, 1.82) is 0 Å². The van der Waals surface area contributed by atoms with E-state index in [1.165, 1.54) is 180 Å². The summed E-state index contributed by atoms with van der Waals surface area (Å²) in [7, 11) is 0. The first-order valence-corrected chi connectivity index (χ1v) is 27.0. The summed E-state index contributed by atoms with van der Waals surface area (Å²) in [5.74, 6) is 0. The fourth-order valence-electron chi connectivity index (χ4n) is 15.0. The van der Waals surface area contributed by atoms with Crippen LogP contribution in [0.4, 0.5) is 0 Å². The van der Waals surface area contributed by atoms with Crippen molar-refractivity contribution in [1.82, 2.24) is 9.13 Å². The second kappa shape index (κ2) is 14.5. The molecule has 17 aromatic rings. The van der Waals surface area contributed by atoms with Gasteiger partial charge in [0.1, 0.15) is 0 Å². The largest absolute Gasteiger partial charge is 0.310 e. The second-order valence-corrected chi connectivity index (χ2v) is 21.8. The van der Waals surface area contributed by atoms with Crippen LogP contribution in [0, 0.1) is 0 Å². The molecule has 2 aromatic heterocycles. The van der Waals surface area contributed by atoms with Gasteiger partial charge in [-0.05, 0) is 168 Å². The van der Waals surface area contributed by atoms with Gasteiger partial charge in [-0.1, -0.05) is 200 Å². The van der Waals surface area contributed by atoms with Crippen molar-refractivity contribution < 1.29 is 0 Å². The van der Waals surface area contributed by atoms with E-state index in [9.17, 15) is 0 Å². The molecule has 350 valence electrons. The Morgan fingerprint density at radius 3 is 1.35 bits per heavy atom. The molecule has 2 nitrogen and oxygen atoms in total. The van der Waals surface area contributed by atoms with Crippen molar-refractivity contribution in [2.24, 2.45) is 0 Å². The number of fused-ring (bicyclic) bond motifs is 26. The molecule has 15 aromatic carbocycles. The van der Waals surface area contributed by atoms with Crippen molar-refractivity contribution in [2.45, 2.75) is 0 Å². The zero-order valence-electron chi connectivity index (χ0n) is 41.6. The third-order valence-corrected chi connectivity index (χ3v) is 18.1. The van der Waals surface area contributed by atoms with E-state index >= 15 is 0 Å². The molecule has 2 aliphatic rings. The van der Waals surface area contributed by atoms with Crippen LogP contribution in [-0.2, 0) is 0 Å². The van der Waals surface area contributed by atoms with E-state index in [1.807, 2.05) is 0 Å². The molecule has 0 radical (unpaired) electrons. The van der Waals surface area contributed by atoms with Crippen LogP contribution in [0.1, 0.15) is 0 Å². The van der Waals surface area contributed by atoms with E-state index < -0.39 is 0 Å². The van der Waals surface area contributed by atoms with E-state index in [1.54, 1.807) is 0 Å². The highest BCUT2D eigenvalue weighted by molar-refractivity contribution is 7.02. The maximum atomic E-state index is 2.72. The lowest BCUT2D eigenvalue weighted by atomic mass is 9.33. The van der Waals surface area contributed by atoms with Gasteiger partial charge in [-0.25, -0.2) is 0 Å². The van der Waals surface area contributed by atoms with Crippen LogP contribution < -0.4 is 16.4 Å². The smallest absolute Gasteiger partial charge is 0.253 e. The maximum absolute atomic E-state index is 2.72. The Bertz CT molecular complexity index is 5560. The fourth-order valence-corrected chi connectivity index (χ4v) is 15.0. The van der Waals surface area contributed by atoms with E-state index in [4.69, 9.17) is 0 Å². The number of aromatic nitrogens is 2. The molecular weight excluding hydrogens is 928 g/mol. The number of hydrogen-bond acceptors (Lipinski definition) is 0. The molecule has 0 N–H and O–H groups in total. The third kappa shape index (κ3) is 5.12. The highest BCUT2D eigenvalue weighted by Crippen LogP contribution is 2.48. The van der Waals surface area contributed by atoms with Crippen LogP contribution >= 0.6 is 0 Å². The molecule has 0 spiro atoms. The summed E-state index contributed by atoms with van der Waals surface area (Å²) in [6.07, 6.45) is 0. The Hall–Kier alpha value is -9.96. The first-order valence-electron chi connectivity index (χ1n) is 27.0. The predicted molar refractivity (Wildman–Crippen MR) is 331 cm³/mol. The van der Waals surface area contributed by atoms with Gasteiger partial charge < -0.3 is 9.13 Å². The molecule has 3 heteroatoms. The summed E-state index contributed by atoms with van der Waals surface area (Å²) in [4.78, 5) is 0. The molecule has 2 aliphatic heterocycles. The lowest BCUT2D eigenvalue weighted by Gasteiger charge is -2.35. The molecule has 0 unspecified atom stereocenters. The van der Waals surface area contributed by atoms with Crippen molar-refractivity contribution in [2.75, 3.05) is 0 Å². The van der Waals surface area contributed by atoms with Crippen LogP contribution in [0.15, 0.2) is 249 Å². The standard InChI is InChI=1S/C74H41BN2/c1-3-16-44-36-46(30-28-42(44)14-1)48-32-35-65-60(38-48)62-39-49(47-31-29-43-15-2-4-17-45(43)37-47)40-64-72(62)76(65)66-26-13-27-67-70(66)75(64)71-68-56-24-11-9-20-52(56)51-19-6-8-23-55(51)61(68)41-63-59-34-33-58-54-22-7-5-18-50(54)53-21-10-12-25-57(53)69(58)73(59)77(67)74(63)71/h1-41H. The highest BCUT2D eigenvalue weighted by atomic mass is 15.0. The molecule has 0 amide bonds. The van der Waals surface area contributed by atoms with Crippen LogP contribution in [-0.4, -0.2) is 15.8 Å². The fraction of sp³-hybridized carbons (Fsp3) is 0. The predicted octanol–water partition coefficient (Wildman–Crippen LogP) is 17.6. The molecule has 0 aliphatic carbocycles. The van der Waals surface area contributed by atoms with Gasteiger partial charge >= 0.3 is 0 Å². The van der Waals surface area contributed by atoms with E-state index in [0.717, 1.165) is 0 Å². The first-order chi connectivity index (χ1) is 38.2. The van der Waals surface area contributed by atoms with Gasteiger partial charge in [0.15, 0.2) is 0 Å². The summed E-state index contributed by atoms with van der Waals surface area (Å²) >= 11 is 0. The van der Waals surface area contributed by atoms with E-state index in [2.05, 4.69) is 258 Å². The molecule has 0 atom stereocenters. The minimum atomic E-state index is -0.0997. The van der Waals surface area contributed by atoms with Gasteiger partial charge in [-0.2, -0.15) is 0 Å². The summed E-state index contributed by atoms with van der Waals surface area (Å²) in [5.41, 5.74) is 16.6. The normalized spacial score (nSPS) is 12.9. The Kier molecular flexibility index (Phi) is 7.59. The van der Waals surface area contributed by atoms with Crippen LogP contribution in [0.2, 0.25) is 0 Å². The van der Waals surface area contributed by atoms with E-state index in [-0.39, 0.29) is 6.71 Å². The summed E-state index contributed by atoms with van der Waals surface area (Å²) in [5, 5.41) is 25.7. The van der Waals surface area contributed by atoms with Crippen molar-refractivity contribution in [3.8, 4) is 33.6 Å². The highest BCUT2D eigenvalue weighted by Gasteiger charge is 2.43. The number of hydrogen-bond donors (Lipinski definition) is 0. The zero-order chi connectivity index (χ0) is 49.8.